The number of carboxylic acids is 2. The number of phenolic OH excluding ortho intramolecular Hbond substituents is 2. The van der Waals surface area contributed by atoms with Crippen molar-refractivity contribution in [2.24, 2.45) is 0 Å². The van der Waals surface area contributed by atoms with Crippen LogP contribution >= 0.6 is 0 Å². The van der Waals surface area contributed by atoms with Crippen LogP contribution in [0.4, 0.5) is 0 Å². The molecule has 3 rings (SSSR count). The Morgan fingerprint density at radius 2 is 1.23 bits per heavy atom. The van der Waals surface area contributed by atoms with Crippen molar-refractivity contribution in [3.05, 3.63) is 58.7 Å². The number of carboxylic acid groups (broad SMARTS) is 2. The van der Waals surface area contributed by atoms with Gasteiger partial charge in [-0.1, -0.05) is 44.0 Å². The molecule has 2 aromatic carbocycles. The third-order valence-corrected chi connectivity index (χ3v) is 10.2. The number of phenols is 2. The highest BCUT2D eigenvalue weighted by Gasteiger charge is 2.36. The van der Waals surface area contributed by atoms with E-state index in [2.05, 4.69) is 22.9 Å². The summed E-state index contributed by atoms with van der Waals surface area (Å²) in [5.74, 6) is -2.97. The molecule has 0 spiro atoms. The van der Waals surface area contributed by atoms with Crippen LogP contribution in [0.2, 0.25) is 0 Å². The van der Waals surface area contributed by atoms with Crippen molar-refractivity contribution in [2.45, 2.75) is 115 Å². The summed E-state index contributed by atoms with van der Waals surface area (Å²) in [6.45, 7) is 2.08. The molecule has 18 nitrogen and oxygen atoms in total. The van der Waals surface area contributed by atoms with Crippen molar-refractivity contribution in [2.75, 3.05) is 45.9 Å². The van der Waals surface area contributed by atoms with Crippen LogP contribution in [0.25, 0.3) is 0 Å². The normalized spacial score (nSPS) is 17.7. The zero-order valence-corrected chi connectivity index (χ0v) is 34.4. The molecule has 0 saturated carbocycles. The van der Waals surface area contributed by atoms with Gasteiger partial charge in [0.1, 0.15) is 17.6 Å². The average Bonchev–Trinajstić information content (AvgIpc) is 3.19. The van der Waals surface area contributed by atoms with Crippen LogP contribution in [0.1, 0.15) is 87.0 Å². The fourth-order valence-electron chi connectivity index (χ4n) is 6.80. The molecular weight excluding hydrogens is 782 g/mol. The molecule has 60 heavy (non-hydrogen) atoms. The number of nitrogens with one attached hydrogen (secondary N) is 3. The Morgan fingerprint density at radius 3 is 1.75 bits per heavy atom. The Labute approximate surface area is 350 Å². The molecule has 1 aliphatic rings. The zero-order valence-electron chi connectivity index (χ0n) is 34.4. The lowest BCUT2D eigenvalue weighted by Crippen LogP contribution is -2.55. The predicted octanol–water partition coefficient (Wildman–Crippen LogP) is 0.975. The number of ether oxygens (including phenoxy) is 1. The van der Waals surface area contributed by atoms with E-state index >= 15 is 0 Å². The summed E-state index contributed by atoms with van der Waals surface area (Å²) in [4.78, 5) is 63.8. The fraction of sp³-hybridized carbons (Fsp3) is 0.595. The third-order valence-electron chi connectivity index (χ3n) is 10.2. The monoisotopic (exact) mass is 845 g/mol. The van der Waals surface area contributed by atoms with Gasteiger partial charge in [0.15, 0.2) is 6.29 Å². The van der Waals surface area contributed by atoms with E-state index in [0.29, 0.717) is 42.6 Å². The largest absolute Gasteiger partial charge is 0.508 e. The molecule has 334 valence electrons. The molecule has 1 fully saturated rings. The number of aliphatic carboxylic acids is 2. The van der Waals surface area contributed by atoms with Crippen LogP contribution in [0.15, 0.2) is 36.4 Å². The van der Waals surface area contributed by atoms with Crippen LogP contribution < -0.4 is 16.0 Å². The van der Waals surface area contributed by atoms with E-state index in [0.717, 1.165) is 37.7 Å². The summed E-state index contributed by atoms with van der Waals surface area (Å²) in [6.07, 6.45) is 2.10. The summed E-state index contributed by atoms with van der Waals surface area (Å²) in [7, 11) is 0. The Bertz CT molecular complexity index is 1700. The van der Waals surface area contributed by atoms with Gasteiger partial charge in [-0.3, -0.25) is 33.8 Å². The molecule has 3 amide bonds. The Kier molecular flexibility index (Phi) is 21.8. The van der Waals surface area contributed by atoms with E-state index in [4.69, 9.17) is 4.74 Å². The van der Waals surface area contributed by atoms with E-state index in [1.807, 2.05) is 0 Å². The number of hydrogen-bond donors (Lipinski definition) is 10. The summed E-state index contributed by atoms with van der Waals surface area (Å²) in [6, 6.07) is 8.70. The topological polar surface area (TPSA) is 279 Å². The molecule has 3 unspecified atom stereocenters. The average molecular weight is 846 g/mol. The first-order chi connectivity index (χ1) is 28.7. The van der Waals surface area contributed by atoms with Crippen molar-refractivity contribution >= 4 is 29.7 Å². The van der Waals surface area contributed by atoms with Gasteiger partial charge in [0.05, 0.1) is 31.8 Å². The first-order valence-electron chi connectivity index (χ1n) is 20.6. The maximum atomic E-state index is 12.7. The van der Waals surface area contributed by atoms with E-state index in [1.54, 1.807) is 29.2 Å². The van der Waals surface area contributed by atoms with Gasteiger partial charge in [-0.25, -0.2) is 0 Å². The number of benzene rings is 2. The molecule has 2 aromatic rings. The number of rotatable bonds is 28. The molecule has 4 atom stereocenters. The summed E-state index contributed by atoms with van der Waals surface area (Å²) >= 11 is 0. The number of aryl methyl sites for hydroxylation is 2. The second-order valence-corrected chi connectivity index (χ2v) is 15.2. The number of unbranched alkanes of at least 4 members (excludes halogenated alkanes) is 3. The van der Waals surface area contributed by atoms with Crippen molar-refractivity contribution in [1.29, 1.82) is 0 Å². The van der Waals surface area contributed by atoms with Gasteiger partial charge in [0.25, 0.3) is 0 Å². The molecule has 1 heterocycles. The number of amides is 3. The summed E-state index contributed by atoms with van der Waals surface area (Å²) < 4.78 is 5.16. The molecule has 0 radical (unpaired) electrons. The maximum Gasteiger partial charge on any atom is 0.317 e. The first-order valence-corrected chi connectivity index (χ1v) is 20.6. The lowest BCUT2D eigenvalue weighted by atomic mass is 10.00. The molecule has 0 bridgehead atoms. The number of carbonyl (C=O) groups is 5. The fourth-order valence-corrected chi connectivity index (χ4v) is 6.80. The van der Waals surface area contributed by atoms with Crippen LogP contribution in [0.3, 0.4) is 0 Å². The number of aromatic hydroxyl groups is 2. The van der Waals surface area contributed by atoms with Crippen molar-refractivity contribution in [3.63, 3.8) is 0 Å². The number of carbonyl (C=O) groups excluding carboxylic acids is 3. The molecule has 18 heteroatoms. The second kappa shape index (κ2) is 26.4. The minimum Gasteiger partial charge on any atom is -0.508 e. The maximum absolute atomic E-state index is 12.7. The van der Waals surface area contributed by atoms with Gasteiger partial charge in [-0.15, -0.1) is 0 Å². The smallest absolute Gasteiger partial charge is 0.317 e. The Balaban J connectivity index is 1.53. The first kappa shape index (κ1) is 49.5. The molecule has 1 saturated heterocycles. The zero-order chi connectivity index (χ0) is 44.0. The van der Waals surface area contributed by atoms with Gasteiger partial charge in [0, 0.05) is 76.1 Å². The number of aliphatic hydroxyl groups is 3. The molecule has 0 aromatic heterocycles. The number of aliphatic hydroxyl groups excluding tert-OH is 3. The van der Waals surface area contributed by atoms with Crippen molar-refractivity contribution < 1.29 is 64.5 Å². The quantitative estimate of drug-likeness (QED) is 0.0535. The molecular formula is C42H63N5O13. The summed E-state index contributed by atoms with van der Waals surface area (Å²) in [5, 5.41) is 78.6. The minimum atomic E-state index is -1.41. The minimum absolute atomic E-state index is 0.00996. The van der Waals surface area contributed by atoms with E-state index in [1.165, 1.54) is 17.0 Å². The number of nitrogens with zero attached hydrogens (tertiary/aromatic N) is 2. The highest BCUT2D eigenvalue weighted by atomic mass is 16.6. The lowest BCUT2D eigenvalue weighted by molar-refractivity contribution is -0.221. The lowest BCUT2D eigenvalue weighted by Gasteiger charge is -2.36. The molecule has 1 aliphatic heterocycles. The number of hydrogen-bond acceptors (Lipinski definition) is 13. The molecule has 0 aliphatic carbocycles. The van der Waals surface area contributed by atoms with Crippen LogP contribution in [-0.4, -0.2) is 146 Å². The van der Waals surface area contributed by atoms with Gasteiger partial charge >= 0.3 is 11.9 Å². The van der Waals surface area contributed by atoms with Gasteiger partial charge in [-0.2, -0.15) is 0 Å². The van der Waals surface area contributed by atoms with Crippen molar-refractivity contribution in [3.8, 4) is 11.5 Å². The Hall–Kier alpha value is -4.85. The van der Waals surface area contributed by atoms with E-state index < -0.39 is 62.1 Å². The standard InChI is InChI=1S/C42H63N5O13/c1-2-3-16-43-37(52)7-5-4-6-17-44-38(53)14-10-28-8-12-33(49)30(20-28)23-46(25-40(55)56)18-19-47(26-41(57)58)24-31-21-29(9-13-34(31)50)11-15-39(54)45-32-22-35(51)36(27-48)60-42(32)59/h8-9,12-13,20-21,32,35-36,42,48-51,59H,2-7,10-11,14-19,22-27H2,1H3,(H,43,52)(H,44,53)(H,45,54)(H,55,56)(H,57,58)/t32-,35?,36?,42?/m0/s1. The van der Waals surface area contributed by atoms with Gasteiger partial charge in [0.2, 0.25) is 17.7 Å². The predicted molar refractivity (Wildman–Crippen MR) is 219 cm³/mol. The van der Waals surface area contributed by atoms with Crippen LogP contribution in [-0.2, 0) is 54.6 Å². The summed E-state index contributed by atoms with van der Waals surface area (Å²) in [5.41, 5.74) is 2.23. The van der Waals surface area contributed by atoms with Crippen molar-refractivity contribution in [1.82, 2.24) is 25.8 Å². The second-order valence-electron chi connectivity index (χ2n) is 15.2. The van der Waals surface area contributed by atoms with Gasteiger partial charge in [-0.05, 0) is 55.4 Å². The van der Waals surface area contributed by atoms with Gasteiger partial charge < -0.3 is 56.4 Å². The van der Waals surface area contributed by atoms with E-state index in [-0.39, 0.29) is 75.2 Å². The highest BCUT2D eigenvalue weighted by Crippen LogP contribution is 2.24. The highest BCUT2D eigenvalue weighted by molar-refractivity contribution is 5.77. The SMILES string of the molecule is CCCCNC(=O)CCCCCNC(=O)CCc1ccc(O)c(CN(CCN(CC(=O)O)Cc2cc(CCC(=O)N[C@H]3CC(O)C(CO)OC3O)ccc2O)CC(=O)O)c1. The van der Waals surface area contributed by atoms with Crippen LogP contribution in [0.5, 0.6) is 11.5 Å². The van der Waals surface area contributed by atoms with E-state index in [9.17, 15) is 59.7 Å². The van der Waals surface area contributed by atoms with Crippen LogP contribution in [0, 0.1) is 0 Å². The molecule has 10 N–H and O–H groups in total. The Morgan fingerprint density at radius 1 is 0.717 bits per heavy atom. The third kappa shape index (κ3) is 18.6.